The number of hydrogen-bond acceptors (Lipinski definition) is 7. The number of hydrogen-bond donors (Lipinski definition) is 1. The number of nitro benzene ring substituents is 1. The number of amides is 1. The van der Waals surface area contributed by atoms with E-state index >= 15 is 0 Å². The summed E-state index contributed by atoms with van der Waals surface area (Å²) in [5.74, 6) is 0.945. The Balaban J connectivity index is 1.66. The largest absolute Gasteiger partial charge is 0.467 e. The van der Waals surface area contributed by atoms with Gasteiger partial charge in [-0.2, -0.15) is 0 Å². The van der Waals surface area contributed by atoms with Crippen LogP contribution in [0.4, 0.5) is 5.69 Å². The zero-order chi connectivity index (χ0) is 25.2. The van der Waals surface area contributed by atoms with Gasteiger partial charge >= 0.3 is 0 Å². The van der Waals surface area contributed by atoms with Gasteiger partial charge in [-0.25, -0.2) is 0 Å². The number of nitro groups is 1. The Labute approximate surface area is 206 Å². The number of thioether (sulfide) groups is 1. The van der Waals surface area contributed by atoms with Crippen LogP contribution in [0.1, 0.15) is 48.0 Å². The van der Waals surface area contributed by atoms with Crippen molar-refractivity contribution in [3.05, 3.63) is 93.4 Å². The molecule has 0 spiro atoms. The number of carbonyl (C=O) groups excluding carboxylic acids is 1. The number of aromatic nitrogens is 3. The average molecular weight is 492 g/mol. The number of primary amides is 1. The summed E-state index contributed by atoms with van der Waals surface area (Å²) < 4.78 is 7.48. The van der Waals surface area contributed by atoms with Crippen LogP contribution in [-0.4, -0.2) is 25.6 Å². The molecular formula is C25H25N5O4S. The van der Waals surface area contributed by atoms with E-state index in [9.17, 15) is 14.9 Å². The third kappa shape index (κ3) is 5.43. The molecule has 0 saturated heterocycles. The topological polar surface area (TPSA) is 130 Å². The second-order valence-electron chi connectivity index (χ2n) is 9.05. The molecule has 10 heteroatoms. The van der Waals surface area contributed by atoms with Crippen LogP contribution < -0.4 is 5.73 Å². The van der Waals surface area contributed by atoms with E-state index in [0.717, 1.165) is 11.3 Å². The maximum absolute atomic E-state index is 11.6. The lowest BCUT2D eigenvalue weighted by Gasteiger charge is -2.19. The maximum atomic E-state index is 11.6. The van der Waals surface area contributed by atoms with Crippen LogP contribution in [0.25, 0.3) is 11.4 Å². The Morgan fingerprint density at radius 2 is 1.89 bits per heavy atom. The maximum Gasteiger partial charge on any atom is 0.274 e. The minimum Gasteiger partial charge on any atom is -0.467 e. The lowest BCUT2D eigenvalue weighted by molar-refractivity contribution is -0.385. The lowest BCUT2D eigenvalue weighted by atomic mass is 9.87. The predicted octanol–water partition coefficient (Wildman–Crippen LogP) is 5.18. The second-order valence-corrected chi connectivity index (χ2v) is 10.00. The van der Waals surface area contributed by atoms with Crippen LogP contribution in [0, 0.1) is 10.1 Å². The van der Waals surface area contributed by atoms with Crippen molar-refractivity contribution in [3.8, 4) is 11.4 Å². The van der Waals surface area contributed by atoms with Crippen LogP contribution >= 0.6 is 11.8 Å². The van der Waals surface area contributed by atoms with Crippen molar-refractivity contribution in [3.63, 3.8) is 0 Å². The van der Waals surface area contributed by atoms with Gasteiger partial charge in [-0.1, -0.05) is 62.9 Å². The Bertz CT molecular complexity index is 1360. The number of rotatable bonds is 8. The summed E-state index contributed by atoms with van der Waals surface area (Å²) in [5.41, 5.74) is 7.79. The van der Waals surface area contributed by atoms with Gasteiger partial charge < -0.3 is 10.2 Å². The molecule has 180 valence electrons. The first-order chi connectivity index (χ1) is 16.6. The van der Waals surface area contributed by atoms with Crippen molar-refractivity contribution < 1.29 is 14.1 Å². The Hall–Kier alpha value is -3.92. The molecule has 1 amide bonds. The molecule has 0 aliphatic heterocycles. The van der Waals surface area contributed by atoms with Gasteiger partial charge in [-0.3, -0.25) is 19.5 Å². The fourth-order valence-corrected chi connectivity index (χ4v) is 4.51. The molecular weight excluding hydrogens is 466 g/mol. The van der Waals surface area contributed by atoms with E-state index < -0.39 is 10.8 Å². The third-order valence-electron chi connectivity index (χ3n) is 5.54. The minimum absolute atomic E-state index is 0.0279. The van der Waals surface area contributed by atoms with Crippen molar-refractivity contribution in [2.75, 3.05) is 0 Å². The van der Waals surface area contributed by atoms with Gasteiger partial charge in [-0.15, -0.1) is 10.2 Å². The Morgan fingerprint density at radius 1 is 1.14 bits per heavy atom. The number of benzene rings is 2. The van der Waals surface area contributed by atoms with Crippen molar-refractivity contribution in [1.82, 2.24) is 14.8 Å². The molecule has 9 nitrogen and oxygen atoms in total. The molecule has 0 unspecified atom stereocenters. The normalized spacial score (nSPS) is 11.5. The first-order valence-corrected chi connectivity index (χ1v) is 11.9. The summed E-state index contributed by atoms with van der Waals surface area (Å²) in [5, 5.41) is 21.0. The summed E-state index contributed by atoms with van der Waals surface area (Å²) in [6, 6.07) is 16.1. The fraction of sp³-hybridized carbons (Fsp3) is 0.240. The predicted molar refractivity (Wildman–Crippen MR) is 133 cm³/mol. The van der Waals surface area contributed by atoms with E-state index in [1.165, 1.54) is 29.5 Å². The van der Waals surface area contributed by atoms with E-state index in [2.05, 4.69) is 43.1 Å². The van der Waals surface area contributed by atoms with Crippen LogP contribution in [0.5, 0.6) is 0 Å². The van der Waals surface area contributed by atoms with Gasteiger partial charge in [0, 0.05) is 28.5 Å². The van der Waals surface area contributed by atoms with Gasteiger partial charge in [-0.05, 0) is 29.2 Å². The summed E-state index contributed by atoms with van der Waals surface area (Å²) in [6.45, 7) is 6.88. The van der Waals surface area contributed by atoms with Crippen molar-refractivity contribution in [1.29, 1.82) is 0 Å². The molecule has 35 heavy (non-hydrogen) atoms. The number of carbonyl (C=O) groups is 1. The molecule has 0 aliphatic rings. The molecule has 2 aromatic carbocycles. The number of nitrogens with zero attached hydrogens (tertiary/aromatic N) is 4. The van der Waals surface area contributed by atoms with E-state index in [1.54, 1.807) is 12.3 Å². The van der Waals surface area contributed by atoms with Crippen LogP contribution in [0.15, 0.2) is 70.4 Å². The SMILES string of the molecule is CC(C)(C)c1ccc(-c2nnc(SCc3ccc(C(N)=O)cc3[N+](=O)[O-])n2Cc2ccco2)cc1. The smallest absolute Gasteiger partial charge is 0.274 e. The van der Waals surface area contributed by atoms with E-state index in [-0.39, 0.29) is 22.4 Å². The molecule has 0 saturated carbocycles. The second kappa shape index (κ2) is 9.75. The average Bonchev–Trinajstić information content (AvgIpc) is 3.47. The van der Waals surface area contributed by atoms with Crippen molar-refractivity contribution >= 4 is 23.4 Å². The molecule has 0 fully saturated rings. The standard InChI is InChI=1S/C25H25N5O4S/c1-25(2,3)19-10-8-16(9-11-19)23-27-28-24(29(23)14-20-5-4-12-34-20)35-15-18-7-6-17(22(26)31)13-21(18)30(32)33/h4-13H,14-15H2,1-3H3,(H2,26,31). The summed E-state index contributed by atoms with van der Waals surface area (Å²) in [4.78, 5) is 22.5. The molecule has 2 N–H and O–H groups in total. The van der Waals surface area contributed by atoms with E-state index in [1.807, 2.05) is 28.8 Å². The van der Waals surface area contributed by atoms with E-state index in [4.69, 9.17) is 10.2 Å². The summed E-state index contributed by atoms with van der Waals surface area (Å²) in [6.07, 6.45) is 1.61. The molecule has 2 aromatic heterocycles. The summed E-state index contributed by atoms with van der Waals surface area (Å²) in [7, 11) is 0. The van der Waals surface area contributed by atoms with Crippen molar-refractivity contribution in [2.24, 2.45) is 5.73 Å². The highest BCUT2D eigenvalue weighted by atomic mass is 32.2. The zero-order valence-corrected chi connectivity index (χ0v) is 20.4. The van der Waals surface area contributed by atoms with Gasteiger partial charge in [0.05, 0.1) is 17.7 Å². The van der Waals surface area contributed by atoms with Gasteiger partial charge in [0.2, 0.25) is 5.91 Å². The van der Waals surface area contributed by atoms with Crippen molar-refractivity contribution in [2.45, 2.75) is 43.6 Å². The molecule has 2 heterocycles. The Kier molecular flexibility index (Phi) is 6.74. The highest BCUT2D eigenvalue weighted by molar-refractivity contribution is 7.98. The quantitative estimate of drug-likeness (QED) is 0.204. The molecule has 0 bridgehead atoms. The van der Waals surface area contributed by atoms with E-state index in [0.29, 0.717) is 23.1 Å². The first-order valence-electron chi connectivity index (χ1n) is 10.9. The number of nitrogens with two attached hydrogens (primary N) is 1. The lowest BCUT2D eigenvalue weighted by Crippen LogP contribution is -2.11. The van der Waals surface area contributed by atoms with Gasteiger partial charge in [0.1, 0.15) is 5.76 Å². The van der Waals surface area contributed by atoms with Gasteiger partial charge in [0.25, 0.3) is 5.69 Å². The first kappa shape index (κ1) is 24.2. The number of furan rings is 1. The molecule has 0 aliphatic carbocycles. The monoisotopic (exact) mass is 491 g/mol. The molecule has 4 aromatic rings. The van der Waals surface area contributed by atoms with Crippen LogP contribution in [0.3, 0.4) is 0 Å². The fourth-order valence-electron chi connectivity index (χ4n) is 3.58. The third-order valence-corrected chi connectivity index (χ3v) is 6.56. The molecule has 0 atom stereocenters. The van der Waals surface area contributed by atoms with Gasteiger partial charge in [0.15, 0.2) is 11.0 Å². The minimum atomic E-state index is -0.715. The summed E-state index contributed by atoms with van der Waals surface area (Å²) >= 11 is 1.32. The molecule has 4 rings (SSSR count). The van der Waals surface area contributed by atoms with Crippen LogP contribution in [0.2, 0.25) is 0 Å². The Morgan fingerprint density at radius 3 is 2.49 bits per heavy atom. The molecule has 0 radical (unpaired) electrons. The zero-order valence-electron chi connectivity index (χ0n) is 19.6. The highest BCUT2D eigenvalue weighted by Crippen LogP contribution is 2.32. The van der Waals surface area contributed by atoms with Crippen LogP contribution in [-0.2, 0) is 17.7 Å². The highest BCUT2D eigenvalue weighted by Gasteiger charge is 2.21.